The quantitative estimate of drug-likeness (QED) is 0.118. The van der Waals surface area contributed by atoms with Crippen molar-refractivity contribution < 1.29 is 24.3 Å². The van der Waals surface area contributed by atoms with E-state index in [4.69, 9.17) is 11.5 Å². The molecule has 0 bridgehead atoms. The topological polar surface area (TPSA) is 177 Å². The minimum atomic E-state index is -1.17. The molecule has 0 aliphatic heterocycles. The molecule has 168 valence electrons. The molecular weight excluding hydrogens is 418 g/mol. The summed E-state index contributed by atoms with van der Waals surface area (Å²) < 4.78 is 0. The Labute approximate surface area is 181 Å². The molecule has 0 aromatic rings. The van der Waals surface area contributed by atoms with Crippen LogP contribution in [0.2, 0.25) is 0 Å². The van der Waals surface area contributed by atoms with Crippen LogP contribution in [0.25, 0.3) is 0 Å². The molecule has 0 spiro atoms. The second kappa shape index (κ2) is 15.4. The number of hydrogen-bond donors (Lipinski definition) is 7. The highest BCUT2D eigenvalue weighted by atomic mass is 32.2. The maximum Gasteiger partial charge on any atom is 0.326 e. The summed E-state index contributed by atoms with van der Waals surface area (Å²) in [6.45, 7) is 1.90. The van der Waals surface area contributed by atoms with Gasteiger partial charge in [0.05, 0.1) is 6.04 Å². The van der Waals surface area contributed by atoms with E-state index >= 15 is 0 Å². The van der Waals surface area contributed by atoms with Crippen molar-refractivity contribution in [2.45, 2.75) is 56.8 Å². The van der Waals surface area contributed by atoms with Crippen LogP contribution >= 0.6 is 24.4 Å². The number of thioether (sulfide) groups is 1. The largest absolute Gasteiger partial charge is 0.480 e. The maximum absolute atomic E-state index is 12.4. The molecule has 0 aromatic carbocycles. The summed E-state index contributed by atoms with van der Waals surface area (Å²) in [4.78, 5) is 48.0. The molecule has 0 fully saturated rings. The molecule has 0 rings (SSSR count). The number of carbonyl (C=O) groups is 4. The summed E-state index contributed by atoms with van der Waals surface area (Å²) in [5.41, 5.74) is 11.2. The molecule has 29 heavy (non-hydrogen) atoms. The Balaban J connectivity index is 4.72. The fourth-order valence-electron chi connectivity index (χ4n) is 2.28. The number of amides is 3. The lowest BCUT2D eigenvalue weighted by atomic mass is 10.1. The Morgan fingerprint density at radius 2 is 1.62 bits per heavy atom. The monoisotopic (exact) mass is 451 g/mol. The number of carboxylic acids is 1. The minimum Gasteiger partial charge on any atom is -0.480 e. The lowest BCUT2D eigenvalue weighted by Gasteiger charge is -2.22. The van der Waals surface area contributed by atoms with Gasteiger partial charge in [0.15, 0.2) is 0 Å². The number of nitrogens with two attached hydrogens (primary N) is 2. The molecule has 0 aliphatic rings. The summed E-state index contributed by atoms with van der Waals surface area (Å²) in [7, 11) is 0. The lowest BCUT2D eigenvalue weighted by molar-refractivity contribution is -0.142. The Kier molecular flexibility index (Phi) is 14.6. The van der Waals surface area contributed by atoms with Gasteiger partial charge in [-0.15, -0.1) is 0 Å². The van der Waals surface area contributed by atoms with E-state index in [1.165, 1.54) is 6.92 Å². The highest BCUT2D eigenvalue weighted by Crippen LogP contribution is 2.03. The first kappa shape index (κ1) is 27.5. The van der Waals surface area contributed by atoms with Gasteiger partial charge in [0.2, 0.25) is 17.7 Å². The second-order valence-electron chi connectivity index (χ2n) is 6.55. The van der Waals surface area contributed by atoms with E-state index < -0.39 is 47.9 Å². The van der Waals surface area contributed by atoms with Crippen LogP contribution in [-0.2, 0) is 19.2 Å². The molecular formula is C17H33N5O5S2. The third-order valence-electron chi connectivity index (χ3n) is 4.10. The molecule has 0 aromatic heterocycles. The average Bonchev–Trinajstić information content (AvgIpc) is 2.68. The molecule has 0 saturated carbocycles. The molecule has 4 unspecified atom stereocenters. The lowest BCUT2D eigenvalue weighted by Crippen LogP contribution is -2.57. The normalized spacial score (nSPS) is 14.9. The molecule has 0 radical (unpaired) electrons. The molecule has 4 atom stereocenters. The van der Waals surface area contributed by atoms with Gasteiger partial charge in [-0.05, 0) is 51.2 Å². The highest BCUT2D eigenvalue weighted by molar-refractivity contribution is 7.98. The van der Waals surface area contributed by atoms with Crippen molar-refractivity contribution in [3.8, 4) is 0 Å². The number of carboxylic acid groups (broad SMARTS) is 1. The van der Waals surface area contributed by atoms with Crippen LogP contribution in [0.3, 0.4) is 0 Å². The van der Waals surface area contributed by atoms with Crippen molar-refractivity contribution >= 4 is 48.1 Å². The minimum absolute atomic E-state index is 0.0411. The smallest absolute Gasteiger partial charge is 0.326 e. The van der Waals surface area contributed by atoms with Gasteiger partial charge in [0.25, 0.3) is 0 Å². The summed E-state index contributed by atoms with van der Waals surface area (Å²) in [6.07, 6.45) is 3.79. The van der Waals surface area contributed by atoms with Crippen LogP contribution in [0, 0.1) is 0 Å². The van der Waals surface area contributed by atoms with Crippen molar-refractivity contribution in [1.82, 2.24) is 16.0 Å². The molecule has 0 aliphatic carbocycles. The molecule has 3 amide bonds. The van der Waals surface area contributed by atoms with Crippen LogP contribution in [-0.4, -0.2) is 77.3 Å². The Hall–Kier alpha value is -1.50. The zero-order valence-corrected chi connectivity index (χ0v) is 18.6. The molecule has 8 N–H and O–H groups in total. The van der Waals surface area contributed by atoms with Gasteiger partial charge < -0.3 is 32.5 Å². The van der Waals surface area contributed by atoms with E-state index in [0.717, 1.165) is 0 Å². The van der Waals surface area contributed by atoms with Gasteiger partial charge >= 0.3 is 5.97 Å². The molecule has 12 heteroatoms. The van der Waals surface area contributed by atoms with Crippen molar-refractivity contribution in [3.05, 3.63) is 0 Å². The van der Waals surface area contributed by atoms with E-state index in [-0.39, 0.29) is 12.2 Å². The Morgan fingerprint density at radius 1 is 1.00 bits per heavy atom. The zero-order valence-electron chi connectivity index (χ0n) is 16.8. The zero-order chi connectivity index (χ0) is 22.4. The van der Waals surface area contributed by atoms with Crippen LogP contribution in [0.4, 0.5) is 0 Å². The summed E-state index contributed by atoms with van der Waals surface area (Å²) in [5.74, 6) is -2.21. The van der Waals surface area contributed by atoms with E-state index in [0.29, 0.717) is 31.6 Å². The number of thiol groups is 1. The van der Waals surface area contributed by atoms with Crippen molar-refractivity contribution in [1.29, 1.82) is 0 Å². The van der Waals surface area contributed by atoms with E-state index in [1.807, 2.05) is 6.26 Å². The Morgan fingerprint density at radius 3 is 2.14 bits per heavy atom. The summed E-state index contributed by atoms with van der Waals surface area (Å²) in [6, 6.07) is -3.78. The predicted octanol–water partition coefficient (Wildman–Crippen LogP) is -1.32. The average molecular weight is 452 g/mol. The van der Waals surface area contributed by atoms with Crippen molar-refractivity contribution in [2.24, 2.45) is 11.5 Å². The molecule has 0 heterocycles. The number of hydrogen-bond acceptors (Lipinski definition) is 8. The summed E-state index contributed by atoms with van der Waals surface area (Å²) in [5, 5.41) is 16.6. The molecule has 10 nitrogen and oxygen atoms in total. The standard InChI is InChI=1S/C17H33N5O5S2/c1-10(20-15(24)11(19)6-8-29-2)14(23)22-13(9-28)16(25)21-12(17(26)27)5-3-4-7-18/h10-13,28H,3-9,18-19H2,1-2H3,(H,20,24)(H,21,25)(H,22,23)(H,26,27). The number of carbonyl (C=O) groups excluding carboxylic acids is 3. The number of unbranched alkanes of at least 4 members (excludes halogenated alkanes) is 1. The van der Waals surface area contributed by atoms with Crippen LogP contribution in [0.1, 0.15) is 32.6 Å². The third kappa shape index (κ3) is 11.3. The van der Waals surface area contributed by atoms with Gasteiger partial charge in [-0.2, -0.15) is 24.4 Å². The first-order valence-electron chi connectivity index (χ1n) is 9.37. The first-order valence-corrected chi connectivity index (χ1v) is 11.4. The number of rotatable bonds is 15. The third-order valence-corrected chi connectivity index (χ3v) is 5.11. The van der Waals surface area contributed by atoms with Crippen molar-refractivity contribution in [2.75, 3.05) is 24.3 Å². The molecule has 0 saturated heterocycles. The SMILES string of the molecule is CSCCC(N)C(=O)NC(C)C(=O)NC(CS)C(=O)NC(CCCCN)C(=O)O. The van der Waals surface area contributed by atoms with Gasteiger partial charge in [-0.1, -0.05) is 0 Å². The van der Waals surface area contributed by atoms with Crippen LogP contribution < -0.4 is 27.4 Å². The van der Waals surface area contributed by atoms with E-state index in [1.54, 1.807) is 11.8 Å². The van der Waals surface area contributed by atoms with Crippen LogP contribution in [0.15, 0.2) is 0 Å². The number of nitrogens with one attached hydrogen (secondary N) is 3. The van der Waals surface area contributed by atoms with E-state index in [9.17, 15) is 24.3 Å². The van der Waals surface area contributed by atoms with Gasteiger partial charge in [-0.25, -0.2) is 4.79 Å². The van der Waals surface area contributed by atoms with Crippen LogP contribution in [0.5, 0.6) is 0 Å². The fraction of sp³-hybridized carbons (Fsp3) is 0.765. The second-order valence-corrected chi connectivity index (χ2v) is 7.90. The predicted molar refractivity (Wildman–Crippen MR) is 117 cm³/mol. The van der Waals surface area contributed by atoms with Crippen molar-refractivity contribution in [3.63, 3.8) is 0 Å². The first-order chi connectivity index (χ1) is 13.7. The van der Waals surface area contributed by atoms with Gasteiger partial charge in [0.1, 0.15) is 18.1 Å². The van der Waals surface area contributed by atoms with E-state index in [2.05, 4.69) is 28.6 Å². The summed E-state index contributed by atoms with van der Waals surface area (Å²) >= 11 is 5.61. The highest BCUT2D eigenvalue weighted by Gasteiger charge is 2.27. The fourth-order valence-corrected chi connectivity index (χ4v) is 3.02. The number of aliphatic carboxylic acids is 1. The maximum atomic E-state index is 12.4. The Bertz CT molecular complexity index is 552. The van der Waals surface area contributed by atoms with Gasteiger partial charge in [0, 0.05) is 5.75 Å². The van der Waals surface area contributed by atoms with Gasteiger partial charge in [-0.3, -0.25) is 14.4 Å².